The van der Waals surface area contributed by atoms with Crippen molar-refractivity contribution in [1.82, 2.24) is 4.90 Å². The molecule has 0 aliphatic carbocycles. The lowest BCUT2D eigenvalue weighted by molar-refractivity contribution is 0.201. The van der Waals surface area contributed by atoms with Crippen molar-refractivity contribution < 1.29 is 0 Å². The van der Waals surface area contributed by atoms with E-state index in [0.29, 0.717) is 6.04 Å². The Kier molecular flexibility index (Phi) is 3.80. The van der Waals surface area contributed by atoms with Crippen molar-refractivity contribution in [2.24, 2.45) is 5.73 Å². The monoisotopic (exact) mass is 219 g/mol. The molecule has 1 aliphatic heterocycles. The summed E-state index contributed by atoms with van der Waals surface area (Å²) in [6.07, 6.45) is 0. The number of piperazine rings is 1. The second kappa shape index (κ2) is 5.32. The minimum absolute atomic E-state index is 0.512. The average Bonchev–Trinajstić information content (AvgIpc) is 2.39. The minimum Gasteiger partial charge on any atom is -0.369 e. The quantitative estimate of drug-likeness (QED) is 0.828. The first-order valence-electron chi connectivity index (χ1n) is 6.05. The van der Waals surface area contributed by atoms with Crippen molar-refractivity contribution in [3.8, 4) is 0 Å². The third-order valence-electron chi connectivity index (χ3n) is 3.40. The van der Waals surface area contributed by atoms with Crippen molar-refractivity contribution in [3.05, 3.63) is 30.3 Å². The van der Waals surface area contributed by atoms with Crippen LogP contribution in [0, 0.1) is 0 Å². The van der Waals surface area contributed by atoms with Crippen molar-refractivity contribution >= 4 is 5.69 Å². The van der Waals surface area contributed by atoms with Crippen molar-refractivity contribution in [1.29, 1.82) is 0 Å². The maximum absolute atomic E-state index is 5.69. The number of nitrogens with two attached hydrogens (primary N) is 1. The Morgan fingerprint density at radius 1 is 1.12 bits per heavy atom. The number of benzene rings is 1. The fraction of sp³-hybridized carbons (Fsp3) is 0.538. The van der Waals surface area contributed by atoms with E-state index in [2.05, 4.69) is 47.1 Å². The van der Waals surface area contributed by atoms with Crippen LogP contribution in [0.1, 0.15) is 6.92 Å². The summed E-state index contributed by atoms with van der Waals surface area (Å²) in [6.45, 7) is 7.41. The molecule has 0 unspecified atom stereocenters. The zero-order chi connectivity index (χ0) is 11.4. The highest BCUT2D eigenvalue weighted by molar-refractivity contribution is 5.46. The second-order valence-electron chi connectivity index (χ2n) is 4.44. The molecule has 0 amide bonds. The second-order valence-corrected chi connectivity index (χ2v) is 4.44. The summed E-state index contributed by atoms with van der Waals surface area (Å²) >= 11 is 0. The summed E-state index contributed by atoms with van der Waals surface area (Å²) in [7, 11) is 0. The molecule has 2 rings (SSSR count). The molecule has 0 bridgehead atoms. The Bertz CT molecular complexity index is 304. The zero-order valence-electron chi connectivity index (χ0n) is 9.97. The van der Waals surface area contributed by atoms with Crippen molar-refractivity contribution in [2.75, 3.05) is 37.6 Å². The predicted octanol–water partition coefficient (Wildman–Crippen LogP) is 1.16. The molecule has 0 aromatic heterocycles. The van der Waals surface area contributed by atoms with Gasteiger partial charge in [-0.2, -0.15) is 0 Å². The summed E-state index contributed by atoms with van der Waals surface area (Å²) in [4.78, 5) is 4.92. The topological polar surface area (TPSA) is 32.5 Å². The number of hydrogen-bond donors (Lipinski definition) is 1. The lowest BCUT2D eigenvalue weighted by atomic mass is 10.2. The molecular formula is C13H21N3. The van der Waals surface area contributed by atoms with E-state index in [1.54, 1.807) is 0 Å². The minimum atomic E-state index is 0.512. The zero-order valence-corrected chi connectivity index (χ0v) is 9.97. The normalized spacial score (nSPS) is 19.8. The van der Waals surface area contributed by atoms with Gasteiger partial charge >= 0.3 is 0 Å². The van der Waals surface area contributed by atoms with Gasteiger partial charge in [-0.1, -0.05) is 18.2 Å². The van der Waals surface area contributed by atoms with E-state index in [1.807, 2.05) is 0 Å². The van der Waals surface area contributed by atoms with Crippen LogP contribution in [0.4, 0.5) is 5.69 Å². The van der Waals surface area contributed by atoms with Gasteiger partial charge < -0.3 is 10.6 Å². The third-order valence-corrected chi connectivity index (χ3v) is 3.40. The maximum atomic E-state index is 5.69. The molecule has 3 nitrogen and oxygen atoms in total. The van der Waals surface area contributed by atoms with Crippen LogP contribution >= 0.6 is 0 Å². The fourth-order valence-electron chi connectivity index (χ4n) is 2.21. The molecule has 1 aliphatic rings. The molecule has 1 saturated heterocycles. The van der Waals surface area contributed by atoms with Crippen LogP contribution in [0.25, 0.3) is 0 Å². The summed E-state index contributed by atoms with van der Waals surface area (Å²) in [5, 5.41) is 0. The molecule has 88 valence electrons. The molecule has 1 aromatic rings. The first-order valence-corrected chi connectivity index (χ1v) is 6.05. The van der Waals surface area contributed by atoms with E-state index in [4.69, 9.17) is 5.73 Å². The lowest BCUT2D eigenvalue weighted by Gasteiger charge is -2.38. The van der Waals surface area contributed by atoms with Gasteiger partial charge in [-0.3, -0.25) is 4.90 Å². The molecule has 1 heterocycles. The highest BCUT2D eigenvalue weighted by atomic mass is 15.3. The Morgan fingerprint density at radius 2 is 1.75 bits per heavy atom. The van der Waals surface area contributed by atoms with E-state index in [9.17, 15) is 0 Å². The molecular weight excluding hydrogens is 198 g/mol. The van der Waals surface area contributed by atoms with Crippen LogP contribution in [0.15, 0.2) is 30.3 Å². The van der Waals surface area contributed by atoms with E-state index in [-0.39, 0.29) is 0 Å². The largest absolute Gasteiger partial charge is 0.369 e. The van der Waals surface area contributed by atoms with Gasteiger partial charge in [0.2, 0.25) is 0 Å². The van der Waals surface area contributed by atoms with Gasteiger partial charge in [0.15, 0.2) is 0 Å². The van der Waals surface area contributed by atoms with Gasteiger partial charge in [-0.05, 0) is 19.1 Å². The van der Waals surface area contributed by atoms with Crippen molar-refractivity contribution in [3.63, 3.8) is 0 Å². The van der Waals surface area contributed by atoms with Crippen molar-refractivity contribution in [2.45, 2.75) is 13.0 Å². The number of para-hydroxylation sites is 1. The van der Waals surface area contributed by atoms with E-state index < -0.39 is 0 Å². The number of rotatable bonds is 3. The summed E-state index contributed by atoms with van der Waals surface area (Å²) in [5.41, 5.74) is 7.03. The smallest absolute Gasteiger partial charge is 0.0367 e. The molecule has 1 fully saturated rings. The van der Waals surface area contributed by atoms with Crippen LogP contribution in [0.5, 0.6) is 0 Å². The van der Waals surface area contributed by atoms with Gasteiger partial charge in [0.1, 0.15) is 0 Å². The SMILES string of the molecule is C[C@H](CN)N1CCN(c2ccccc2)CC1. The molecule has 3 heteroatoms. The van der Waals surface area contributed by atoms with Crippen LogP contribution < -0.4 is 10.6 Å². The summed E-state index contributed by atoms with van der Waals surface area (Å²) in [5.74, 6) is 0. The van der Waals surface area contributed by atoms with E-state index in [1.165, 1.54) is 5.69 Å². The van der Waals surface area contributed by atoms with E-state index >= 15 is 0 Å². The summed E-state index contributed by atoms with van der Waals surface area (Å²) < 4.78 is 0. The van der Waals surface area contributed by atoms with Gasteiger partial charge in [0.05, 0.1) is 0 Å². The maximum Gasteiger partial charge on any atom is 0.0367 e. The molecule has 16 heavy (non-hydrogen) atoms. The van der Waals surface area contributed by atoms with Gasteiger partial charge in [0.25, 0.3) is 0 Å². The molecule has 0 spiro atoms. The van der Waals surface area contributed by atoms with Crippen LogP contribution in [-0.2, 0) is 0 Å². The van der Waals surface area contributed by atoms with Crippen LogP contribution in [0.3, 0.4) is 0 Å². The number of anilines is 1. The summed E-state index contributed by atoms with van der Waals surface area (Å²) in [6, 6.07) is 11.1. The highest BCUT2D eigenvalue weighted by Crippen LogP contribution is 2.16. The fourth-order valence-corrected chi connectivity index (χ4v) is 2.21. The molecule has 2 N–H and O–H groups in total. The standard InChI is InChI=1S/C13H21N3/c1-12(11-14)15-7-9-16(10-8-15)13-5-3-2-4-6-13/h2-6,12H,7-11,14H2,1H3/t12-/m1/s1. The number of hydrogen-bond acceptors (Lipinski definition) is 3. The molecule has 1 aromatic carbocycles. The predicted molar refractivity (Wildman–Crippen MR) is 68.7 cm³/mol. The Morgan fingerprint density at radius 3 is 2.31 bits per heavy atom. The first kappa shape index (κ1) is 11.4. The van der Waals surface area contributed by atoms with Gasteiger partial charge in [0, 0.05) is 44.5 Å². The highest BCUT2D eigenvalue weighted by Gasteiger charge is 2.19. The van der Waals surface area contributed by atoms with Gasteiger partial charge in [-0.25, -0.2) is 0 Å². The number of nitrogens with zero attached hydrogens (tertiary/aromatic N) is 2. The Labute approximate surface area is 97.8 Å². The lowest BCUT2D eigenvalue weighted by Crippen LogP contribution is -2.51. The Balaban J connectivity index is 1.91. The molecule has 1 atom stereocenters. The first-order chi connectivity index (χ1) is 7.81. The van der Waals surface area contributed by atoms with E-state index in [0.717, 1.165) is 32.7 Å². The van der Waals surface area contributed by atoms with Crippen LogP contribution in [0.2, 0.25) is 0 Å². The van der Waals surface area contributed by atoms with Crippen LogP contribution in [-0.4, -0.2) is 43.7 Å². The molecule has 0 saturated carbocycles. The van der Waals surface area contributed by atoms with Gasteiger partial charge in [-0.15, -0.1) is 0 Å². The average molecular weight is 219 g/mol. The molecule has 0 radical (unpaired) electrons. The Hall–Kier alpha value is -1.06. The third kappa shape index (κ3) is 2.54.